The molecule has 35 heavy (non-hydrogen) atoms. The van der Waals surface area contributed by atoms with E-state index in [9.17, 15) is 22.8 Å². The zero-order valence-electron chi connectivity index (χ0n) is 19.1. The Bertz CT molecular complexity index is 1200. The summed E-state index contributed by atoms with van der Waals surface area (Å²) in [6.45, 7) is 0.508. The van der Waals surface area contributed by atoms with Crippen LogP contribution in [-0.2, 0) is 17.5 Å². The third-order valence-electron chi connectivity index (χ3n) is 6.21. The van der Waals surface area contributed by atoms with E-state index in [1.807, 2.05) is 30.3 Å². The van der Waals surface area contributed by atoms with E-state index in [0.717, 1.165) is 17.7 Å². The molecule has 4 rings (SSSR count). The van der Waals surface area contributed by atoms with Crippen LogP contribution in [0.15, 0.2) is 78.9 Å². The van der Waals surface area contributed by atoms with Crippen molar-refractivity contribution < 1.29 is 27.5 Å². The largest absolute Gasteiger partial charge is 0.497 e. The number of amides is 2. The number of hydrogen-bond donors (Lipinski definition) is 1. The summed E-state index contributed by atoms with van der Waals surface area (Å²) in [5, 5.41) is 2.88. The van der Waals surface area contributed by atoms with E-state index in [1.165, 1.54) is 18.1 Å². The molecule has 5 nitrogen and oxygen atoms in total. The summed E-state index contributed by atoms with van der Waals surface area (Å²) in [6.07, 6.45) is -4.50. The molecule has 0 spiro atoms. The zero-order valence-corrected chi connectivity index (χ0v) is 19.1. The van der Waals surface area contributed by atoms with Crippen molar-refractivity contribution in [2.75, 3.05) is 20.2 Å². The molecule has 0 bridgehead atoms. The summed E-state index contributed by atoms with van der Waals surface area (Å²) >= 11 is 0. The maximum Gasteiger partial charge on any atom is 0.416 e. The minimum atomic E-state index is -4.50. The Labute approximate surface area is 201 Å². The molecular formula is C27H25F3N2O3. The molecule has 1 fully saturated rings. The van der Waals surface area contributed by atoms with E-state index < -0.39 is 23.6 Å². The molecule has 8 heteroatoms. The van der Waals surface area contributed by atoms with E-state index in [-0.39, 0.29) is 31.4 Å². The average Bonchev–Trinajstić information content (AvgIpc) is 3.33. The summed E-state index contributed by atoms with van der Waals surface area (Å²) in [5.74, 6) is -1.38. The van der Waals surface area contributed by atoms with Gasteiger partial charge in [-0.25, -0.2) is 0 Å². The van der Waals surface area contributed by atoms with Crippen molar-refractivity contribution in [3.05, 3.63) is 101 Å². The van der Waals surface area contributed by atoms with Crippen LogP contribution in [-0.4, -0.2) is 36.9 Å². The predicted molar refractivity (Wildman–Crippen MR) is 125 cm³/mol. The van der Waals surface area contributed by atoms with Crippen molar-refractivity contribution in [3.8, 4) is 5.75 Å². The minimum Gasteiger partial charge on any atom is -0.497 e. The standard InChI is InChI=1S/C27H25F3N2O3/c1-35-22-12-6-10-20(14-22)26(34)32-16-23(19-9-5-11-21(13-19)27(28,29)30)24(17-32)25(33)31-15-18-7-3-2-4-8-18/h2-14,23-24H,15-17H2,1H3,(H,31,33)/t23-,24+/m0/s1. The van der Waals surface area contributed by atoms with Gasteiger partial charge >= 0.3 is 6.18 Å². The lowest BCUT2D eigenvalue weighted by Gasteiger charge is -2.19. The Morgan fingerprint density at radius 3 is 2.43 bits per heavy atom. The van der Waals surface area contributed by atoms with Crippen LogP contribution in [0.3, 0.4) is 0 Å². The van der Waals surface area contributed by atoms with E-state index in [1.54, 1.807) is 30.3 Å². The van der Waals surface area contributed by atoms with Crippen LogP contribution < -0.4 is 10.1 Å². The lowest BCUT2D eigenvalue weighted by Crippen LogP contribution is -2.35. The first-order valence-electron chi connectivity index (χ1n) is 11.2. The van der Waals surface area contributed by atoms with Gasteiger partial charge in [0.05, 0.1) is 18.6 Å². The van der Waals surface area contributed by atoms with Gasteiger partial charge in [-0.05, 0) is 35.4 Å². The molecule has 1 N–H and O–H groups in total. The molecule has 182 valence electrons. The fourth-order valence-corrected chi connectivity index (χ4v) is 4.37. The summed E-state index contributed by atoms with van der Waals surface area (Å²) in [7, 11) is 1.50. The molecule has 1 aliphatic rings. The number of carbonyl (C=O) groups is 2. The molecule has 0 unspecified atom stereocenters. The van der Waals surface area contributed by atoms with Gasteiger partial charge in [0, 0.05) is 31.1 Å². The Hall–Kier alpha value is -3.81. The highest BCUT2D eigenvalue weighted by molar-refractivity contribution is 5.95. The first kappa shape index (κ1) is 24.3. The Morgan fingerprint density at radius 1 is 0.971 bits per heavy atom. The van der Waals surface area contributed by atoms with Gasteiger partial charge in [-0.15, -0.1) is 0 Å². The number of ether oxygens (including phenoxy) is 1. The van der Waals surface area contributed by atoms with Gasteiger partial charge in [-0.1, -0.05) is 54.6 Å². The summed E-state index contributed by atoms with van der Waals surface area (Å²) in [5.41, 5.74) is 0.882. The smallest absolute Gasteiger partial charge is 0.416 e. The van der Waals surface area contributed by atoms with Gasteiger partial charge in [0.2, 0.25) is 5.91 Å². The maximum absolute atomic E-state index is 13.4. The van der Waals surface area contributed by atoms with E-state index >= 15 is 0 Å². The summed E-state index contributed by atoms with van der Waals surface area (Å²) in [4.78, 5) is 27.9. The van der Waals surface area contributed by atoms with Crippen molar-refractivity contribution >= 4 is 11.8 Å². The van der Waals surface area contributed by atoms with E-state index in [4.69, 9.17) is 4.74 Å². The molecule has 0 radical (unpaired) electrons. The summed E-state index contributed by atoms with van der Waals surface area (Å²) < 4.78 is 45.3. The zero-order chi connectivity index (χ0) is 25.0. The van der Waals surface area contributed by atoms with Gasteiger partial charge in [0.1, 0.15) is 5.75 Å². The Balaban J connectivity index is 1.60. The third kappa shape index (κ3) is 5.65. The number of rotatable bonds is 6. The van der Waals surface area contributed by atoms with Crippen LogP contribution in [0.4, 0.5) is 13.2 Å². The molecule has 2 amide bonds. The van der Waals surface area contributed by atoms with Crippen LogP contribution in [0.1, 0.15) is 33.0 Å². The quantitative estimate of drug-likeness (QED) is 0.545. The lowest BCUT2D eigenvalue weighted by atomic mass is 9.87. The van der Waals surface area contributed by atoms with Gasteiger partial charge in [-0.3, -0.25) is 9.59 Å². The average molecular weight is 483 g/mol. The van der Waals surface area contributed by atoms with Gasteiger partial charge in [-0.2, -0.15) is 13.2 Å². The third-order valence-corrected chi connectivity index (χ3v) is 6.21. The van der Waals surface area contributed by atoms with Crippen molar-refractivity contribution in [3.63, 3.8) is 0 Å². The monoisotopic (exact) mass is 482 g/mol. The second kappa shape index (κ2) is 10.2. The second-order valence-corrected chi connectivity index (χ2v) is 8.48. The van der Waals surface area contributed by atoms with Gasteiger partial charge < -0.3 is 15.0 Å². The Kier molecular flexibility index (Phi) is 7.10. The second-order valence-electron chi connectivity index (χ2n) is 8.48. The number of benzene rings is 3. The van der Waals surface area contributed by atoms with Crippen molar-refractivity contribution in [1.29, 1.82) is 0 Å². The predicted octanol–water partition coefficient (Wildman–Crippen LogP) is 4.89. The number of nitrogens with zero attached hydrogens (tertiary/aromatic N) is 1. The molecule has 1 heterocycles. The summed E-state index contributed by atoms with van der Waals surface area (Å²) in [6, 6.07) is 21.0. The van der Waals surface area contributed by atoms with Gasteiger partial charge in [0.25, 0.3) is 5.91 Å². The highest BCUT2D eigenvalue weighted by Gasteiger charge is 2.41. The molecule has 0 aromatic heterocycles. The van der Waals surface area contributed by atoms with Crippen LogP contribution in [0.5, 0.6) is 5.75 Å². The molecule has 0 aliphatic carbocycles. The molecule has 1 aliphatic heterocycles. The van der Waals surface area contributed by atoms with Crippen molar-refractivity contribution in [2.45, 2.75) is 18.6 Å². The SMILES string of the molecule is COc1cccc(C(=O)N2C[C@@H](C(=O)NCc3ccccc3)[C@H](c3cccc(C(F)(F)F)c3)C2)c1. The van der Waals surface area contributed by atoms with E-state index in [2.05, 4.69) is 5.32 Å². The van der Waals surface area contributed by atoms with Crippen molar-refractivity contribution in [2.24, 2.45) is 5.92 Å². The first-order chi connectivity index (χ1) is 16.8. The normalized spacial score (nSPS) is 17.8. The molecule has 1 saturated heterocycles. The Morgan fingerprint density at radius 2 is 1.71 bits per heavy atom. The maximum atomic E-state index is 13.4. The number of alkyl halides is 3. The first-order valence-corrected chi connectivity index (χ1v) is 11.2. The van der Waals surface area contributed by atoms with Crippen LogP contribution in [0.25, 0.3) is 0 Å². The number of methoxy groups -OCH3 is 1. The van der Waals surface area contributed by atoms with Crippen LogP contribution in [0, 0.1) is 5.92 Å². The lowest BCUT2D eigenvalue weighted by molar-refractivity contribution is -0.137. The highest BCUT2D eigenvalue weighted by Crippen LogP contribution is 2.37. The van der Waals surface area contributed by atoms with Gasteiger partial charge in [0.15, 0.2) is 0 Å². The number of carbonyl (C=O) groups excluding carboxylic acids is 2. The molecule has 0 saturated carbocycles. The van der Waals surface area contributed by atoms with Crippen molar-refractivity contribution in [1.82, 2.24) is 10.2 Å². The topological polar surface area (TPSA) is 58.6 Å². The number of likely N-dealkylation sites (tertiary alicyclic amines) is 1. The number of hydrogen-bond acceptors (Lipinski definition) is 3. The minimum absolute atomic E-state index is 0.0948. The number of nitrogens with one attached hydrogen (secondary N) is 1. The number of halogens is 3. The fourth-order valence-electron chi connectivity index (χ4n) is 4.37. The molecule has 2 atom stereocenters. The van der Waals surface area contributed by atoms with Crippen LogP contribution in [0.2, 0.25) is 0 Å². The highest BCUT2D eigenvalue weighted by atomic mass is 19.4. The van der Waals surface area contributed by atoms with Crippen LogP contribution >= 0.6 is 0 Å². The molecule has 3 aromatic carbocycles. The fraction of sp³-hybridized carbons (Fsp3) is 0.259. The van der Waals surface area contributed by atoms with E-state index in [0.29, 0.717) is 16.9 Å². The molecular weight excluding hydrogens is 457 g/mol. The molecule has 3 aromatic rings.